The Bertz CT molecular complexity index is 1380. The summed E-state index contributed by atoms with van der Waals surface area (Å²) in [5.74, 6) is 0.698. The van der Waals surface area contributed by atoms with Gasteiger partial charge < -0.3 is 14.6 Å². The Labute approximate surface area is 231 Å². The highest BCUT2D eigenvalue weighted by molar-refractivity contribution is 5.71. The van der Waals surface area contributed by atoms with E-state index in [1.807, 2.05) is 18.2 Å². The third-order valence-electron chi connectivity index (χ3n) is 9.31. The molecular weight excluding hydrogens is 491 g/mol. The summed E-state index contributed by atoms with van der Waals surface area (Å²) in [6, 6.07) is 17.3. The number of benzene rings is 3. The fourth-order valence-corrected chi connectivity index (χ4v) is 6.97. The van der Waals surface area contributed by atoms with Gasteiger partial charge in [0.15, 0.2) is 0 Å². The van der Waals surface area contributed by atoms with Gasteiger partial charge in [-0.25, -0.2) is 4.39 Å². The van der Waals surface area contributed by atoms with Crippen molar-refractivity contribution in [3.05, 3.63) is 82.7 Å². The first kappa shape index (κ1) is 27.2. The SMILES string of the molecule is CC[C@@]1(CC(=O)O)CCc2ccc(OCc3ccc(-c4cc(OC)ccc4F)c([C@@H]4CCCC4(C)C)c3)cc21. The number of rotatable bonds is 9. The number of ether oxygens (including phenoxy) is 2. The molecule has 0 aromatic heterocycles. The molecule has 4 nitrogen and oxygen atoms in total. The molecule has 2 aliphatic carbocycles. The molecule has 1 fully saturated rings. The van der Waals surface area contributed by atoms with Crippen LogP contribution in [-0.4, -0.2) is 18.2 Å². The van der Waals surface area contributed by atoms with Crippen LogP contribution in [0, 0.1) is 11.2 Å². The highest BCUT2D eigenvalue weighted by Crippen LogP contribution is 2.51. The lowest BCUT2D eigenvalue weighted by atomic mass is 9.75. The van der Waals surface area contributed by atoms with Crippen molar-refractivity contribution in [2.24, 2.45) is 5.41 Å². The Morgan fingerprint density at radius 1 is 1.03 bits per heavy atom. The molecular formula is C34H39FO4. The van der Waals surface area contributed by atoms with E-state index in [1.54, 1.807) is 19.2 Å². The number of carboxylic acid groups (broad SMARTS) is 1. The van der Waals surface area contributed by atoms with Crippen molar-refractivity contribution >= 4 is 5.97 Å². The van der Waals surface area contributed by atoms with Gasteiger partial charge in [-0.1, -0.05) is 51.5 Å². The molecule has 0 spiro atoms. The van der Waals surface area contributed by atoms with Crippen molar-refractivity contribution in [3.63, 3.8) is 0 Å². The van der Waals surface area contributed by atoms with Crippen LogP contribution < -0.4 is 9.47 Å². The highest BCUT2D eigenvalue weighted by Gasteiger charge is 2.39. The highest BCUT2D eigenvalue weighted by atomic mass is 19.1. The van der Waals surface area contributed by atoms with E-state index in [0.717, 1.165) is 66.5 Å². The molecule has 0 heterocycles. The van der Waals surface area contributed by atoms with Crippen molar-refractivity contribution in [2.45, 2.75) is 83.7 Å². The molecule has 5 rings (SSSR count). The number of fused-ring (bicyclic) bond motifs is 1. The molecule has 0 saturated heterocycles. The summed E-state index contributed by atoms with van der Waals surface area (Å²) in [4.78, 5) is 11.6. The number of aliphatic carboxylic acids is 1. The maximum atomic E-state index is 15.1. The molecule has 5 heteroatoms. The van der Waals surface area contributed by atoms with Crippen molar-refractivity contribution in [3.8, 4) is 22.6 Å². The fraction of sp³-hybridized carbons (Fsp3) is 0.441. The Kier molecular flexibility index (Phi) is 7.45. The molecule has 0 radical (unpaired) electrons. The van der Waals surface area contributed by atoms with E-state index in [-0.39, 0.29) is 23.1 Å². The quantitative estimate of drug-likeness (QED) is 0.302. The molecule has 206 valence electrons. The van der Waals surface area contributed by atoms with Crippen LogP contribution in [0.3, 0.4) is 0 Å². The molecule has 0 aliphatic heterocycles. The maximum absolute atomic E-state index is 15.1. The molecule has 1 saturated carbocycles. The van der Waals surface area contributed by atoms with Crippen molar-refractivity contribution in [1.29, 1.82) is 0 Å². The second kappa shape index (κ2) is 10.7. The molecule has 0 bridgehead atoms. The van der Waals surface area contributed by atoms with Crippen molar-refractivity contribution < 1.29 is 23.8 Å². The van der Waals surface area contributed by atoms with Gasteiger partial charge in [-0.05, 0) is 102 Å². The topological polar surface area (TPSA) is 55.8 Å². The summed E-state index contributed by atoms with van der Waals surface area (Å²) >= 11 is 0. The van der Waals surface area contributed by atoms with Crippen molar-refractivity contribution in [1.82, 2.24) is 0 Å². The molecule has 3 aromatic rings. The first-order valence-electron chi connectivity index (χ1n) is 14.1. The number of halogens is 1. The zero-order valence-corrected chi connectivity index (χ0v) is 23.5. The third kappa shape index (κ3) is 5.28. The number of carboxylic acids is 1. The molecule has 3 aromatic carbocycles. The number of carbonyl (C=O) groups is 1. The Balaban J connectivity index is 1.46. The van der Waals surface area contributed by atoms with E-state index in [9.17, 15) is 9.90 Å². The zero-order valence-electron chi connectivity index (χ0n) is 23.5. The first-order valence-corrected chi connectivity index (χ1v) is 14.1. The predicted octanol–water partition coefficient (Wildman–Crippen LogP) is 8.44. The van der Waals surface area contributed by atoms with Gasteiger partial charge in [0.2, 0.25) is 0 Å². The van der Waals surface area contributed by atoms with Crippen LogP contribution >= 0.6 is 0 Å². The summed E-state index contributed by atoms with van der Waals surface area (Å²) in [6.07, 6.45) is 6.06. The second-order valence-corrected chi connectivity index (χ2v) is 12.0. The molecule has 0 amide bonds. The minimum Gasteiger partial charge on any atom is -0.497 e. The largest absolute Gasteiger partial charge is 0.497 e. The average Bonchev–Trinajstić information content (AvgIpc) is 3.46. The van der Waals surface area contributed by atoms with E-state index < -0.39 is 5.97 Å². The lowest BCUT2D eigenvalue weighted by Crippen LogP contribution is -2.25. The summed E-state index contributed by atoms with van der Waals surface area (Å²) in [5, 5.41) is 9.56. The van der Waals surface area contributed by atoms with E-state index >= 15 is 4.39 Å². The molecule has 0 unspecified atom stereocenters. The van der Waals surface area contributed by atoms with Crippen LogP contribution in [0.2, 0.25) is 0 Å². The third-order valence-corrected chi connectivity index (χ3v) is 9.31. The van der Waals surface area contributed by atoms with E-state index in [4.69, 9.17) is 9.47 Å². The molecule has 1 N–H and O–H groups in total. The summed E-state index contributed by atoms with van der Waals surface area (Å²) in [5.41, 5.74) is 5.80. The van der Waals surface area contributed by atoms with Crippen LogP contribution in [-0.2, 0) is 23.2 Å². The minimum atomic E-state index is -0.758. The summed E-state index contributed by atoms with van der Waals surface area (Å²) in [6.45, 7) is 7.07. The van der Waals surface area contributed by atoms with E-state index in [1.165, 1.54) is 11.6 Å². The standard InChI is InChI=1S/C34H39FO4/c1-5-34(20-32(36)37)16-14-23-9-10-25(19-30(23)34)39-21-22-8-12-26(28-18-24(38-4)11-13-31(28)35)27(17-22)29-7-6-15-33(29,2)3/h8-13,17-19,29H,5-7,14-16,20-21H2,1-4H3,(H,36,37)/t29-,34-/m0/s1. The number of aryl methyl sites for hydroxylation is 1. The van der Waals surface area contributed by atoms with Gasteiger partial charge in [-0.15, -0.1) is 0 Å². The molecule has 2 aliphatic rings. The summed E-state index contributed by atoms with van der Waals surface area (Å²) < 4.78 is 26.8. The van der Waals surface area contributed by atoms with Crippen LogP contribution in [0.15, 0.2) is 54.6 Å². The Hall–Kier alpha value is -3.34. The number of methoxy groups -OCH3 is 1. The van der Waals surface area contributed by atoms with Crippen LogP contribution in [0.4, 0.5) is 4.39 Å². The minimum absolute atomic E-state index is 0.122. The van der Waals surface area contributed by atoms with Gasteiger partial charge in [-0.2, -0.15) is 0 Å². The predicted molar refractivity (Wildman–Crippen MR) is 152 cm³/mol. The average molecular weight is 531 g/mol. The molecule has 39 heavy (non-hydrogen) atoms. The van der Waals surface area contributed by atoms with Gasteiger partial charge in [0.05, 0.1) is 13.5 Å². The van der Waals surface area contributed by atoms with E-state index in [2.05, 4.69) is 39.0 Å². The molecule has 2 atom stereocenters. The van der Waals surface area contributed by atoms with Crippen LogP contribution in [0.25, 0.3) is 11.1 Å². The lowest BCUT2D eigenvalue weighted by molar-refractivity contribution is -0.138. The maximum Gasteiger partial charge on any atom is 0.304 e. The van der Waals surface area contributed by atoms with Gasteiger partial charge in [0, 0.05) is 11.0 Å². The fourth-order valence-electron chi connectivity index (χ4n) is 6.97. The van der Waals surface area contributed by atoms with Gasteiger partial charge in [0.1, 0.15) is 23.9 Å². The Morgan fingerprint density at radius 2 is 1.82 bits per heavy atom. The van der Waals surface area contributed by atoms with Gasteiger partial charge >= 0.3 is 5.97 Å². The smallest absolute Gasteiger partial charge is 0.304 e. The van der Waals surface area contributed by atoms with Crippen LogP contribution in [0.1, 0.15) is 87.5 Å². The number of hydrogen-bond acceptors (Lipinski definition) is 3. The first-order chi connectivity index (χ1) is 18.7. The van der Waals surface area contributed by atoms with Gasteiger partial charge in [-0.3, -0.25) is 4.79 Å². The van der Waals surface area contributed by atoms with Crippen LogP contribution in [0.5, 0.6) is 11.5 Å². The summed E-state index contributed by atoms with van der Waals surface area (Å²) in [7, 11) is 1.60. The van der Waals surface area contributed by atoms with Gasteiger partial charge in [0.25, 0.3) is 0 Å². The monoisotopic (exact) mass is 530 g/mol. The zero-order chi connectivity index (χ0) is 27.8. The number of hydrogen-bond donors (Lipinski definition) is 1. The van der Waals surface area contributed by atoms with Crippen molar-refractivity contribution in [2.75, 3.05) is 7.11 Å². The Morgan fingerprint density at radius 3 is 2.51 bits per heavy atom. The lowest BCUT2D eigenvalue weighted by Gasteiger charge is -2.30. The van der Waals surface area contributed by atoms with E-state index in [0.29, 0.717) is 23.8 Å². The second-order valence-electron chi connectivity index (χ2n) is 12.0. The normalized spacial score (nSPS) is 21.5.